The number of nitro benzene ring substituents is 1. The number of imide groups is 1. The number of aryl methyl sites for hydroxylation is 1. The minimum atomic E-state index is -0.559. The first kappa shape index (κ1) is 22.9. The third-order valence-electron chi connectivity index (χ3n) is 6.27. The largest absolute Gasteiger partial charge is 0.307 e. The van der Waals surface area contributed by atoms with E-state index in [1.165, 1.54) is 29.2 Å². The van der Waals surface area contributed by atoms with Crippen LogP contribution in [0.15, 0.2) is 84.9 Å². The van der Waals surface area contributed by atoms with Crippen molar-refractivity contribution >= 4 is 39.9 Å². The van der Waals surface area contributed by atoms with Gasteiger partial charge in [0.2, 0.25) is 0 Å². The van der Waals surface area contributed by atoms with Gasteiger partial charge in [0.1, 0.15) is 0 Å². The van der Waals surface area contributed by atoms with Gasteiger partial charge in [0, 0.05) is 53.0 Å². The molecule has 1 aliphatic heterocycles. The van der Waals surface area contributed by atoms with Crippen molar-refractivity contribution in [2.24, 2.45) is 0 Å². The van der Waals surface area contributed by atoms with E-state index >= 15 is 0 Å². The summed E-state index contributed by atoms with van der Waals surface area (Å²) < 4.78 is 0. The molecule has 0 spiro atoms. The van der Waals surface area contributed by atoms with E-state index < -0.39 is 22.6 Å². The van der Waals surface area contributed by atoms with Crippen molar-refractivity contribution in [3.8, 4) is 0 Å². The summed E-state index contributed by atoms with van der Waals surface area (Å²) in [6, 6.07) is 23.4. The van der Waals surface area contributed by atoms with Crippen molar-refractivity contribution in [3.05, 3.63) is 117 Å². The van der Waals surface area contributed by atoms with Gasteiger partial charge in [-0.2, -0.15) is 0 Å². The molecule has 0 radical (unpaired) electrons. The standard InChI is InChI=1S/C28H21N3O5/c1-18-6-2-10-21(16-18)29(26(32)20-9-3-11-22(17-20)31(35)36)14-15-30-27(33)23-12-4-7-19-8-5-13-24(25(19)23)28(30)34/h2-13,16-17H,14-15H2,1H3. The maximum atomic E-state index is 13.5. The Kier molecular flexibility index (Phi) is 5.77. The minimum absolute atomic E-state index is 0.0145. The lowest BCUT2D eigenvalue weighted by molar-refractivity contribution is -0.384. The summed E-state index contributed by atoms with van der Waals surface area (Å²) in [6.07, 6.45) is 0. The van der Waals surface area contributed by atoms with E-state index in [1.54, 1.807) is 36.4 Å². The molecule has 3 amide bonds. The lowest BCUT2D eigenvalue weighted by Gasteiger charge is -2.30. The quantitative estimate of drug-likeness (QED) is 0.220. The van der Waals surface area contributed by atoms with E-state index in [4.69, 9.17) is 0 Å². The van der Waals surface area contributed by atoms with Gasteiger partial charge in [0.25, 0.3) is 23.4 Å². The second-order valence-corrected chi connectivity index (χ2v) is 8.57. The Bertz CT molecular complexity index is 1510. The Labute approximate surface area is 206 Å². The summed E-state index contributed by atoms with van der Waals surface area (Å²) in [5.41, 5.74) is 2.29. The SMILES string of the molecule is Cc1cccc(N(CCN2C(=O)c3cccc4cccc(c34)C2=O)C(=O)c2cccc([N+](=O)[O-])c2)c1. The van der Waals surface area contributed by atoms with E-state index in [0.29, 0.717) is 22.2 Å². The molecule has 0 aromatic heterocycles. The van der Waals surface area contributed by atoms with Gasteiger partial charge < -0.3 is 4.90 Å². The van der Waals surface area contributed by atoms with Gasteiger partial charge in [0.15, 0.2) is 0 Å². The van der Waals surface area contributed by atoms with Crippen LogP contribution in [0.25, 0.3) is 10.8 Å². The normalized spacial score (nSPS) is 12.6. The van der Waals surface area contributed by atoms with Gasteiger partial charge in [-0.05, 0) is 48.2 Å². The number of carbonyl (C=O) groups is 3. The molecule has 36 heavy (non-hydrogen) atoms. The fourth-order valence-electron chi connectivity index (χ4n) is 4.54. The number of benzene rings is 4. The highest BCUT2D eigenvalue weighted by Gasteiger charge is 2.33. The Morgan fingerprint density at radius 1 is 0.889 bits per heavy atom. The molecular weight excluding hydrogens is 458 g/mol. The molecule has 0 saturated heterocycles. The number of hydrogen-bond donors (Lipinski definition) is 0. The number of nitrogens with zero attached hydrogens (tertiary/aromatic N) is 3. The molecule has 1 heterocycles. The van der Waals surface area contributed by atoms with Crippen LogP contribution >= 0.6 is 0 Å². The highest BCUT2D eigenvalue weighted by atomic mass is 16.6. The van der Waals surface area contributed by atoms with Crippen LogP contribution in [-0.2, 0) is 0 Å². The zero-order chi connectivity index (χ0) is 25.4. The van der Waals surface area contributed by atoms with Crippen LogP contribution in [0.2, 0.25) is 0 Å². The average molecular weight is 479 g/mol. The third-order valence-corrected chi connectivity index (χ3v) is 6.27. The maximum Gasteiger partial charge on any atom is 0.270 e. The van der Waals surface area contributed by atoms with E-state index in [-0.39, 0.29) is 24.3 Å². The number of hydrogen-bond acceptors (Lipinski definition) is 5. The average Bonchev–Trinajstić information content (AvgIpc) is 2.89. The lowest BCUT2D eigenvalue weighted by Crippen LogP contribution is -2.46. The van der Waals surface area contributed by atoms with Crippen molar-refractivity contribution in [3.63, 3.8) is 0 Å². The molecule has 178 valence electrons. The van der Waals surface area contributed by atoms with Crippen LogP contribution < -0.4 is 4.90 Å². The summed E-state index contributed by atoms with van der Waals surface area (Å²) in [4.78, 5) is 53.4. The zero-order valence-corrected chi connectivity index (χ0v) is 19.4. The molecule has 1 aliphatic rings. The summed E-state index contributed by atoms with van der Waals surface area (Å²) in [7, 11) is 0. The van der Waals surface area contributed by atoms with Gasteiger partial charge in [-0.15, -0.1) is 0 Å². The van der Waals surface area contributed by atoms with Crippen LogP contribution in [0.4, 0.5) is 11.4 Å². The van der Waals surface area contributed by atoms with Crippen molar-refractivity contribution in [1.82, 2.24) is 4.90 Å². The molecule has 0 aliphatic carbocycles. The Balaban J connectivity index is 1.48. The highest BCUT2D eigenvalue weighted by Crippen LogP contribution is 2.30. The molecule has 4 aromatic carbocycles. The first-order valence-corrected chi connectivity index (χ1v) is 11.4. The van der Waals surface area contributed by atoms with Crippen LogP contribution in [-0.4, -0.2) is 40.6 Å². The molecule has 5 rings (SSSR count). The number of anilines is 1. The van der Waals surface area contributed by atoms with Crippen molar-refractivity contribution < 1.29 is 19.3 Å². The molecule has 8 heteroatoms. The van der Waals surface area contributed by atoms with Crippen LogP contribution in [0.5, 0.6) is 0 Å². The highest BCUT2D eigenvalue weighted by molar-refractivity contribution is 6.25. The summed E-state index contributed by atoms with van der Waals surface area (Å²) in [6.45, 7) is 1.85. The molecule has 0 fully saturated rings. The van der Waals surface area contributed by atoms with E-state index in [1.807, 2.05) is 31.2 Å². The van der Waals surface area contributed by atoms with E-state index in [9.17, 15) is 24.5 Å². The number of non-ortho nitro benzene ring substituents is 1. The number of carbonyl (C=O) groups excluding carboxylic acids is 3. The molecule has 0 N–H and O–H groups in total. The predicted molar refractivity (Wildman–Crippen MR) is 135 cm³/mol. The third kappa shape index (κ3) is 3.98. The van der Waals surface area contributed by atoms with E-state index in [2.05, 4.69) is 0 Å². The van der Waals surface area contributed by atoms with Gasteiger partial charge in [-0.1, -0.05) is 42.5 Å². The fourth-order valence-corrected chi connectivity index (χ4v) is 4.54. The molecule has 0 bridgehead atoms. The first-order chi connectivity index (χ1) is 17.3. The molecule has 0 unspecified atom stereocenters. The van der Waals surface area contributed by atoms with Crippen LogP contribution in [0.1, 0.15) is 36.6 Å². The summed E-state index contributed by atoms with van der Waals surface area (Å²) >= 11 is 0. The van der Waals surface area contributed by atoms with E-state index in [0.717, 1.165) is 15.8 Å². The van der Waals surface area contributed by atoms with Crippen molar-refractivity contribution in [1.29, 1.82) is 0 Å². The zero-order valence-electron chi connectivity index (χ0n) is 19.4. The maximum absolute atomic E-state index is 13.5. The minimum Gasteiger partial charge on any atom is -0.307 e. The first-order valence-electron chi connectivity index (χ1n) is 11.4. The van der Waals surface area contributed by atoms with Gasteiger partial charge in [-0.25, -0.2) is 0 Å². The monoisotopic (exact) mass is 479 g/mol. The van der Waals surface area contributed by atoms with Gasteiger partial charge in [-0.3, -0.25) is 29.4 Å². The number of amides is 3. The van der Waals surface area contributed by atoms with Crippen molar-refractivity contribution in [2.75, 3.05) is 18.0 Å². The molecular formula is C28H21N3O5. The number of nitro groups is 1. The molecule has 8 nitrogen and oxygen atoms in total. The molecule has 0 atom stereocenters. The Morgan fingerprint density at radius 2 is 1.53 bits per heavy atom. The summed E-state index contributed by atoms with van der Waals surface area (Å²) in [5, 5.41) is 12.7. The second kappa shape index (κ2) is 9.07. The fraction of sp³-hybridized carbons (Fsp3) is 0.107. The van der Waals surface area contributed by atoms with Gasteiger partial charge in [0.05, 0.1) is 4.92 Å². The van der Waals surface area contributed by atoms with Gasteiger partial charge >= 0.3 is 0 Å². The summed E-state index contributed by atoms with van der Waals surface area (Å²) in [5.74, 6) is -1.31. The van der Waals surface area contributed by atoms with Crippen LogP contribution in [0, 0.1) is 17.0 Å². The lowest BCUT2D eigenvalue weighted by atomic mass is 9.94. The van der Waals surface area contributed by atoms with Crippen LogP contribution in [0.3, 0.4) is 0 Å². The topological polar surface area (TPSA) is 101 Å². The van der Waals surface area contributed by atoms with Crippen molar-refractivity contribution in [2.45, 2.75) is 6.92 Å². The smallest absolute Gasteiger partial charge is 0.270 e. The Morgan fingerprint density at radius 3 is 2.17 bits per heavy atom. The molecule has 4 aromatic rings. The Hall–Kier alpha value is -4.85. The number of rotatable bonds is 6. The second-order valence-electron chi connectivity index (χ2n) is 8.57. The predicted octanol–water partition coefficient (Wildman–Crippen LogP) is 5.00. The molecule has 0 saturated carbocycles.